The van der Waals surface area contributed by atoms with Gasteiger partial charge in [-0.25, -0.2) is 0 Å². The number of hydrogen-bond donors (Lipinski definition) is 4. The van der Waals surface area contributed by atoms with Crippen molar-refractivity contribution in [2.24, 2.45) is 5.73 Å². The summed E-state index contributed by atoms with van der Waals surface area (Å²) in [6.45, 7) is 3.75. The van der Waals surface area contributed by atoms with E-state index in [1.807, 2.05) is 32.0 Å². The van der Waals surface area contributed by atoms with E-state index in [4.69, 9.17) is 11.5 Å². The van der Waals surface area contributed by atoms with Crippen LogP contribution in [0.5, 0.6) is 5.75 Å². The minimum Gasteiger partial charge on any atom is -0.508 e. The average molecular weight is 522 g/mol. The van der Waals surface area contributed by atoms with Crippen LogP contribution < -0.4 is 21.7 Å². The van der Waals surface area contributed by atoms with Gasteiger partial charge in [-0.2, -0.15) is 4.37 Å². The number of phenols is 1. The predicted octanol–water partition coefficient (Wildman–Crippen LogP) is 3.98. The lowest BCUT2D eigenvalue weighted by Gasteiger charge is -2.34. The molecule has 6 N–H and O–H groups in total. The number of aromatic nitrogens is 1. The van der Waals surface area contributed by atoms with E-state index >= 15 is 0 Å². The van der Waals surface area contributed by atoms with Gasteiger partial charge in [0, 0.05) is 11.7 Å². The molecule has 0 aliphatic heterocycles. The second-order valence-electron chi connectivity index (χ2n) is 9.44. The van der Waals surface area contributed by atoms with E-state index in [9.17, 15) is 19.5 Å². The third kappa shape index (κ3) is 5.59. The van der Waals surface area contributed by atoms with Crippen molar-refractivity contribution in [3.63, 3.8) is 0 Å². The molecule has 1 aromatic heterocycles. The number of aromatic hydroxyl groups is 1. The average Bonchev–Trinajstić information content (AvgIpc) is 3.26. The van der Waals surface area contributed by atoms with E-state index in [1.54, 1.807) is 12.1 Å². The summed E-state index contributed by atoms with van der Waals surface area (Å²) in [7, 11) is 0. The van der Waals surface area contributed by atoms with Gasteiger partial charge in [-0.05, 0) is 73.1 Å². The second-order valence-corrected chi connectivity index (χ2v) is 10.2. The number of hydrogen-bond acceptors (Lipinski definition) is 7. The number of benzene rings is 2. The van der Waals surface area contributed by atoms with Crippen molar-refractivity contribution in [3.8, 4) is 5.75 Å². The van der Waals surface area contributed by atoms with Crippen molar-refractivity contribution in [2.45, 2.75) is 58.0 Å². The van der Waals surface area contributed by atoms with Crippen LogP contribution in [0.25, 0.3) is 0 Å². The Hall–Kier alpha value is -3.92. The lowest BCUT2D eigenvalue weighted by Crippen LogP contribution is -2.47. The molecule has 3 aromatic rings. The molecule has 0 unspecified atom stereocenters. The molecule has 0 spiro atoms. The van der Waals surface area contributed by atoms with E-state index in [0.717, 1.165) is 54.8 Å². The maximum atomic E-state index is 14.2. The fraction of sp³-hybridized carbons (Fsp3) is 0.333. The van der Waals surface area contributed by atoms with E-state index in [-0.39, 0.29) is 34.0 Å². The number of nitrogens with zero attached hydrogens (tertiary/aromatic N) is 2. The van der Waals surface area contributed by atoms with E-state index in [2.05, 4.69) is 9.69 Å². The number of anilines is 2. The molecule has 9 nitrogen and oxygen atoms in total. The molecular formula is C27H31N5O4S. The molecule has 1 fully saturated rings. The van der Waals surface area contributed by atoms with E-state index in [1.165, 1.54) is 17.0 Å². The normalized spacial score (nSPS) is 14.6. The Morgan fingerprint density at radius 1 is 1.08 bits per heavy atom. The number of primary amides is 1. The monoisotopic (exact) mass is 521 g/mol. The number of nitrogens with two attached hydrogens (primary N) is 2. The van der Waals surface area contributed by atoms with Crippen LogP contribution in [-0.2, 0) is 4.79 Å². The van der Waals surface area contributed by atoms with Gasteiger partial charge in [-0.1, -0.05) is 43.5 Å². The zero-order valence-corrected chi connectivity index (χ0v) is 21.7. The fourth-order valence-electron chi connectivity index (χ4n) is 4.68. The van der Waals surface area contributed by atoms with Gasteiger partial charge in [0.2, 0.25) is 5.91 Å². The van der Waals surface area contributed by atoms with Crippen molar-refractivity contribution in [1.29, 1.82) is 0 Å². The van der Waals surface area contributed by atoms with Gasteiger partial charge in [-0.3, -0.25) is 19.3 Å². The van der Waals surface area contributed by atoms with Crippen LogP contribution in [0.1, 0.15) is 75.0 Å². The van der Waals surface area contributed by atoms with Crippen LogP contribution in [0.3, 0.4) is 0 Å². The molecule has 3 amide bonds. The smallest absolute Gasteiger partial charge is 0.273 e. The van der Waals surface area contributed by atoms with Crippen LogP contribution in [0.15, 0.2) is 42.5 Å². The van der Waals surface area contributed by atoms with E-state index < -0.39 is 17.9 Å². The topological polar surface area (TPSA) is 152 Å². The van der Waals surface area contributed by atoms with Crippen LogP contribution in [0.2, 0.25) is 0 Å². The molecule has 1 atom stereocenters. The molecule has 37 heavy (non-hydrogen) atoms. The summed E-state index contributed by atoms with van der Waals surface area (Å²) in [6.07, 6.45) is 4.93. The molecular weight excluding hydrogens is 490 g/mol. The van der Waals surface area contributed by atoms with Crippen molar-refractivity contribution in [2.75, 3.05) is 10.6 Å². The van der Waals surface area contributed by atoms with Crippen molar-refractivity contribution in [3.05, 3.63) is 69.7 Å². The Balaban J connectivity index is 1.88. The molecule has 1 aliphatic carbocycles. The van der Waals surface area contributed by atoms with Crippen LogP contribution in [-0.4, -0.2) is 33.2 Å². The number of nitrogens with one attached hydrogen (secondary N) is 1. The zero-order chi connectivity index (χ0) is 26.7. The van der Waals surface area contributed by atoms with Gasteiger partial charge in [0.15, 0.2) is 5.69 Å². The maximum Gasteiger partial charge on any atom is 0.273 e. The second kappa shape index (κ2) is 11.0. The Labute approximate surface area is 219 Å². The number of amides is 3. The van der Waals surface area contributed by atoms with Gasteiger partial charge in [0.05, 0.1) is 5.69 Å². The molecule has 194 valence electrons. The summed E-state index contributed by atoms with van der Waals surface area (Å²) in [5, 5.41) is 13.1. The number of aryl methyl sites for hydroxylation is 2. The first-order valence-electron chi connectivity index (χ1n) is 12.2. The van der Waals surface area contributed by atoms with Gasteiger partial charge >= 0.3 is 0 Å². The molecule has 0 bridgehead atoms. The molecule has 1 aliphatic rings. The first kappa shape index (κ1) is 26.2. The summed E-state index contributed by atoms with van der Waals surface area (Å²) in [4.78, 5) is 41.3. The van der Waals surface area contributed by atoms with Crippen LogP contribution in [0, 0.1) is 13.8 Å². The highest BCUT2D eigenvalue weighted by Gasteiger charge is 2.37. The summed E-state index contributed by atoms with van der Waals surface area (Å²) in [6, 6.07) is 10.8. The molecule has 2 aromatic carbocycles. The minimum atomic E-state index is -1.07. The standard InChI is InChI=1S/C27H31N5O4S/c1-15-8-9-16(2)20(14-15)32(27(36)24-21(28)22(25(29)34)31-37-24)23(17-10-12-19(33)13-11-17)26(35)30-18-6-4-3-5-7-18/h8-14,18,23,33H,3-7,28H2,1-2H3,(H2,29,34)(H,30,35)/t23-/m1/s1. The largest absolute Gasteiger partial charge is 0.508 e. The Kier molecular flexibility index (Phi) is 7.77. The van der Waals surface area contributed by atoms with Crippen molar-refractivity contribution < 1.29 is 19.5 Å². The van der Waals surface area contributed by atoms with Crippen molar-refractivity contribution in [1.82, 2.24) is 9.69 Å². The lowest BCUT2D eigenvalue weighted by molar-refractivity contribution is -0.123. The first-order valence-corrected chi connectivity index (χ1v) is 13.0. The number of rotatable bonds is 7. The summed E-state index contributed by atoms with van der Waals surface area (Å²) < 4.78 is 4.00. The third-order valence-electron chi connectivity index (χ3n) is 6.67. The van der Waals surface area contributed by atoms with E-state index in [0.29, 0.717) is 11.3 Å². The Morgan fingerprint density at radius 3 is 2.38 bits per heavy atom. The fourth-order valence-corrected chi connectivity index (χ4v) is 5.43. The first-order chi connectivity index (χ1) is 17.7. The van der Waals surface area contributed by atoms with Gasteiger partial charge < -0.3 is 21.9 Å². The quantitative estimate of drug-likeness (QED) is 0.369. The lowest BCUT2D eigenvalue weighted by atomic mass is 9.94. The summed E-state index contributed by atoms with van der Waals surface area (Å²) >= 11 is 0.769. The van der Waals surface area contributed by atoms with Crippen LogP contribution in [0.4, 0.5) is 11.4 Å². The van der Waals surface area contributed by atoms with Crippen molar-refractivity contribution >= 4 is 40.6 Å². The minimum absolute atomic E-state index is 0.00589. The molecule has 0 radical (unpaired) electrons. The third-order valence-corrected chi connectivity index (χ3v) is 7.52. The number of nitrogen functional groups attached to an aromatic ring is 1. The van der Waals surface area contributed by atoms with Crippen LogP contribution >= 0.6 is 11.5 Å². The van der Waals surface area contributed by atoms with Gasteiger partial charge in [-0.15, -0.1) is 0 Å². The number of carbonyl (C=O) groups is 3. The summed E-state index contributed by atoms with van der Waals surface area (Å²) in [5.41, 5.74) is 13.9. The SMILES string of the molecule is Cc1ccc(C)c(N(C(=O)c2snc(C(N)=O)c2N)[C@@H](C(=O)NC2CCCCC2)c2ccc(O)cc2)c1. The molecule has 1 saturated carbocycles. The highest BCUT2D eigenvalue weighted by molar-refractivity contribution is 7.09. The zero-order valence-electron chi connectivity index (χ0n) is 20.9. The molecule has 0 saturated heterocycles. The summed E-state index contributed by atoms with van der Waals surface area (Å²) in [5.74, 6) is -1.72. The highest BCUT2D eigenvalue weighted by Crippen LogP contribution is 2.36. The Bertz CT molecular complexity index is 1310. The number of phenolic OH excluding ortho intramolecular Hbond substituents is 1. The predicted molar refractivity (Wildman–Crippen MR) is 144 cm³/mol. The molecule has 4 rings (SSSR count). The highest BCUT2D eigenvalue weighted by atomic mass is 32.1. The number of carbonyl (C=O) groups excluding carboxylic acids is 3. The Morgan fingerprint density at radius 2 is 1.76 bits per heavy atom. The van der Waals surface area contributed by atoms with Gasteiger partial charge in [0.1, 0.15) is 16.7 Å². The maximum absolute atomic E-state index is 14.2. The van der Waals surface area contributed by atoms with Gasteiger partial charge in [0.25, 0.3) is 11.8 Å². The molecule has 10 heteroatoms. The molecule has 1 heterocycles.